The zero-order chi connectivity index (χ0) is 17.1. The van der Waals surface area contributed by atoms with E-state index in [4.69, 9.17) is 0 Å². The van der Waals surface area contributed by atoms with E-state index >= 15 is 0 Å². The molecule has 25 heavy (non-hydrogen) atoms. The lowest BCUT2D eigenvalue weighted by atomic mass is 10.0. The fraction of sp³-hybridized carbons (Fsp3) is 0.217. The zero-order valence-corrected chi connectivity index (χ0v) is 14.7. The molecule has 2 nitrogen and oxygen atoms in total. The number of hydrogen-bond donors (Lipinski definition) is 2. The summed E-state index contributed by atoms with van der Waals surface area (Å²) in [4.78, 5) is 3.46. The van der Waals surface area contributed by atoms with Gasteiger partial charge in [0, 0.05) is 17.8 Å². The molecule has 0 atom stereocenters. The van der Waals surface area contributed by atoms with Gasteiger partial charge >= 0.3 is 0 Å². The summed E-state index contributed by atoms with van der Waals surface area (Å²) in [7, 11) is 0. The Morgan fingerprint density at radius 3 is 2.68 bits per heavy atom. The Hall–Kier alpha value is -2.58. The number of hydrogen-bond acceptors (Lipinski definition) is 1. The smallest absolute Gasteiger partial charge is 0.0456 e. The average molecular weight is 328 g/mol. The SMILES string of the molecule is CCc1cc2cc(CNCCc3cccc4ccccc34)ccc2[nH]1. The van der Waals surface area contributed by atoms with Crippen molar-refractivity contribution in [3.63, 3.8) is 0 Å². The van der Waals surface area contributed by atoms with Gasteiger partial charge in [-0.25, -0.2) is 0 Å². The Morgan fingerprint density at radius 1 is 0.880 bits per heavy atom. The van der Waals surface area contributed by atoms with E-state index in [1.165, 1.54) is 38.5 Å². The standard InChI is InChI=1S/C23H24N2/c1-2-21-15-20-14-17(10-11-23(20)25-21)16-24-13-12-19-8-5-7-18-6-3-4-9-22(18)19/h3-11,14-15,24-25H,2,12-13,16H2,1H3. The predicted molar refractivity (Wildman–Crippen MR) is 107 cm³/mol. The van der Waals surface area contributed by atoms with Crippen LogP contribution < -0.4 is 5.32 Å². The normalized spacial score (nSPS) is 11.4. The lowest BCUT2D eigenvalue weighted by Gasteiger charge is -2.08. The van der Waals surface area contributed by atoms with Crippen LogP contribution in [0, 0.1) is 0 Å². The van der Waals surface area contributed by atoms with Gasteiger partial charge in [-0.15, -0.1) is 0 Å². The highest BCUT2D eigenvalue weighted by atomic mass is 14.8. The second-order valence-electron chi connectivity index (χ2n) is 6.63. The maximum Gasteiger partial charge on any atom is 0.0456 e. The van der Waals surface area contributed by atoms with Crippen LogP contribution in [0.3, 0.4) is 0 Å². The van der Waals surface area contributed by atoms with Gasteiger partial charge in [0.25, 0.3) is 0 Å². The number of benzene rings is 3. The first kappa shape index (κ1) is 15.9. The van der Waals surface area contributed by atoms with Gasteiger partial charge in [0.2, 0.25) is 0 Å². The van der Waals surface area contributed by atoms with Crippen LogP contribution in [0.2, 0.25) is 0 Å². The molecule has 0 unspecified atom stereocenters. The first-order valence-electron chi connectivity index (χ1n) is 9.11. The molecular weight excluding hydrogens is 304 g/mol. The van der Waals surface area contributed by atoms with Crippen molar-refractivity contribution in [2.75, 3.05) is 6.54 Å². The Labute approximate surface area is 148 Å². The van der Waals surface area contributed by atoms with Crippen molar-refractivity contribution < 1.29 is 0 Å². The molecule has 0 bridgehead atoms. The third-order valence-electron chi connectivity index (χ3n) is 4.90. The van der Waals surface area contributed by atoms with Crippen LogP contribution in [0.4, 0.5) is 0 Å². The van der Waals surface area contributed by atoms with Crippen molar-refractivity contribution in [3.05, 3.63) is 83.6 Å². The quantitative estimate of drug-likeness (QED) is 0.467. The Balaban J connectivity index is 1.39. The fourth-order valence-corrected chi connectivity index (χ4v) is 3.51. The summed E-state index contributed by atoms with van der Waals surface area (Å²) in [5, 5.41) is 7.59. The van der Waals surface area contributed by atoms with E-state index in [2.05, 4.69) is 84.0 Å². The van der Waals surface area contributed by atoms with Gasteiger partial charge < -0.3 is 10.3 Å². The minimum atomic E-state index is 0.910. The summed E-state index contributed by atoms with van der Waals surface area (Å²) in [5.41, 5.74) is 5.29. The molecule has 0 amide bonds. The van der Waals surface area contributed by atoms with Gasteiger partial charge in [-0.05, 0) is 64.9 Å². The summed E-state index contributed by atoms with van der Waals surface area (Å²) in [6.07, 6.45) is 2.10. The highest BCUT2D eigenvalue weighted by molar-refractivity contribution is 5.85. The highest BCUT2D eigenvalue weighted by Gasteiger charge is 2.02. The molecule has 2 N–H and O–H groups in total. The van der Waals surface area contributed by atoms with Crippen LogP contribution in [-0.2, 0) is 19.4 Å². The largest absolute Gasteiger partial charge is 0.358 e. The number of aromatic nitrogens is 1. The van der Waals surface area contributed by atoms with Crippen LogP contribution in [-0.4, -0.2) is 11.5 Å². The Kier molecular flexibility index (Phi) is 4.53. The molecule has 4 aromatic rings. The van der Waals surface area contributed by atoms with Crippen molar-refractivity contribution >= 4 is 21.7 Å². The maximum absolute atomic E-state index is 3.59. The first-order valence-corrected chi connectivity index (χ1v) is 9.11. The third kappa shape index (κ3) is 3.45. The monoisotopic (exact) mass is 328 g/mol. The fourth-order valence-electron chi connectivity index (χ4n) is 3.51. The van der Waals surface area contributed by atoms with Gasteiger partial charge in [0.05, 0.1) is 0 Å². The summed E-state index contributed by atoms with van der Waals surface area (Å²) >= 11 is 0. The van der Waals surface area contributed by atoms with Gasteiger partial charge in [-0.1, -0.05) is 55.5 Å². The zero-order valence-electron chi connectivity index (χ0n) is 14.7. The highest BCUT2D eigenvalue weighted by Crippen LogP contribution is 2.19. The summed E-state index contributed by atoms with van der Waals surface area (Å²) in [6, 6.07) is 24.2. The van der Waals surface area contributed by atoms with E-state index in [1.54, 1.807) is 0 Å². The van der Waals surface area contributed by atoms with Crippen LogP contribution in [0.5, 0.6) is 0 Å². The van der Waals surface area contributed by atoms with E-state index in [1.807, 2.05) is 0 Å². The van der Waals surface area contributed by atoms with Crippen molar-refractivity contribution in [1.82, 2.24) is 10.3 Å². The Morgan fingerprint density at radius 2 is 1.76 bits per heavy atom. The molecule has 1 aromatic heterocycles. The lowest BCUT2D eigenvalue weighted by molar-refractivity contribution is 0.689. The number of fused-ring (bicyclic) bond motifs is 2. The number of aromatic amines is 1. The molecule has 126 valence electrons. The van der Waals surface area contributed by atoms with Crippen molar-refractivity contribution in [2.45, 2.75) is 26.3 Å². The molecule has 0 aliphatic rings. The van der Waals surface area contributed by atoms with Gasteiger partial charge in [0.1, 0.15) is 0 Å². The van der Waals surface area contributed by atoms with Crippen LogP contribution >= 0.6 is 0 Å². The van der Waals surface area contributed by atoms with Crippen LogP contribution in [0.15, 0.2) is 66.7 Å². The number of H-pyrrole nitrogens is 1. The number of aryl methyl sites for hydroxylation is 1. The summed E-state index contributed by atoms with van der Waals surface area (Å²) in [5.74, 6) is 0. The van der Waals surface area contributed by atoms with Crippen molar-refractivity contribution in [2.24, 2.45) is 0 Å². The Bertz CT molecular complexity index is 992. The van der Waals surface area contributed by atoms with Gasteiger partial charge in [0.15, 0.2) is 0 Å². The lowest BCUT2D eigenvalue weighted by Crippen LogP contribution is -2.16. The topological polar surface area (TPSA) is 27.8 Å². The van der Waals surface area contributed by atoms with Crippen molar-refractivity contribution in [3.8, 4) is 0 Å². The minimum absolute atomic E-state index is 0.910. The van der Waals surface area contributed by atoms with Crippen LogP contribution in [0.1, 0.15) is 23.7 Å². The first-order chi connectivity index (χ1) is 12.3. The maximum atomic E-state index is 3.59. The van der Waals surface area contributed by atoms with E-state index in [0.29, 0.717) is 0 Å². The van der Waals surface area contributed by atoms with Crippen molar-refractivity contribution in [1.29, 1.82) is 0 Å². The predicted octanol–water partition coefficient (Wildman–Crippen LogP) is 5.22. The van der Waals surface area contributed by atoms with E-state index in [-0.39, 0.29) is 0 Å². The summed E-state index contributed by atoms with van der Waals surface area (Å²) < 4.78 is 0. The molecule has 1 heterocycles. The molecule has 0 radical (unpaired) electrons. The number of nitrogens with one attached hydrogen (secondary N) is 2. The summed E-state index contributed by atoms with van der Waals surface area (Å²) in [6.45, 7) is 4.08. The van der Waals surface area contributed by atoms with Gasteiger partial charge in [-0.3, -0.25) is 0 Å². The molecule has 3 aromatic carbocycles. The molecular formula is C23H24N2. The van der Waals surface area contributed by atoms with Gasteiger partial charge in [-0.2, -0.15) is 0 Å². The average Bonchev–Trinajstić information content (AvgIpc) is 3.08. The molecule has 0 aliphatic heterocycles. The molecule has 0 saturated heterocycles. The number of rotatable bonds is 6. The third-order valence-corrected chi connectivity index (χ3v) is 4.90. The van der Waals surface area contributed by atoms with E-state index < -0.39 is 0 Å². The second kappa shape index (κ2) is 7.12. The molecule has 4 rings (SSSR count). The molecule has 0 aliphatic carbocycles. The van der Waals surface area contributed by atoms with E-state index in [0.717, 1.165) is 25.9 Å². The molecule has 0 fully saturated rings. The van der Waals surface area contributed by atoms with Crippen LogP contribution in [0.25, 0.3) is 21.7 Å². The van der Waals surface area contributed by atoms with E-state index in [9.17, 15) is 0 Å². The second-order valence-corrected chi connectivity index (χ2v) is 6.63. The minimum Gasteiger partial charge on any atom is -0.358 e. The molecule has 0 spiro atoms. The molecule has 2 heteroatoms. The molecule has 0 saturated carbocycles.